The zero-order valence-electron chi connectivity index (χ0n) is 11.1. The first-order valence-electron chi connectivity index (χ1n) is 6.23. The van der Waals surface area contributed by atoms with Crippen molar-refractivity contribution in [2.24, 2.45) is 4.99 Å². The molecule has 0 radical (unpaired) electrons. The molecular weight excluding hydrogens is 200 g/mol. The summed E-state index contributed by atoms with van der Waals surface area (Å²) < 4.78 is 0. The Morgan fingerprint density at radius 2 is 1.81 bits per heavy atom. The van der Waals surface area contributed by atoms with E-state index in [0.29, 0.717) is 0 Å². The van der Waals surface area contributed by atoms with Gasteiger partial charge in [0.1, 0.15) is 0 Å². The van der Waals surface area contributed by atoms with Crippen LogP contribution in [0.3, 0.4) is 0 Å². The largest absolute Gasteiger partial charge is 0.355 e. The summed E-state index contributed by atoms with van der Waals surface area (Å²) in [6.07, 6.45) is 2.59. The molecule has 4 nitrogen and oxygen atoms in total. The third-order valence-corrected chi connectivity index (χ3v) is 2.68. The van der Waals surface area contributed by atoms with Gasteiger partial charge in [-0.2, -0.15) is 0 Å². The smallest absolute Gasteiger partial charge is 0.193 e. The molecule has 1 heterocycles. The van der Waals surface area contributed by atoms with Crippen LogP contribution in [-0.4, -0.2) is 49.6 Å². The number of hydrogen-bond acceptors (Lipinski definition) is 2. The van der Waals surface area contributed by atoms with Crippen LogP contribution in [0.2, 0.25) is 0 Å². The first-order chi connectivity index (χ1) is 7.53. The highest BCUT2D eigenvalue weighted by molar-refractivity contribution is 5.80. The van der Waals surface area contributed by atoms with Crippen molar-refractivity contribution in [3.05, 3.63) is 0 Å². The Morgan fingerprint density at radius 3 is 2.31 bits per heavy atom. The molecule has 1 fully saturated rings. The van der Waals surface area contributed by atoms with Crippen LogP contribution in [0.4, 0.5) is 0 Å². The van der Waals surface area contributed by atoms with Crippen molar-refractivity contribution >= 4 is 5.96 Å². The first kappa shape index (κ1) is 13.3. The van der Waals surface area contributed by atoms with E-state index in [1.165, 1.54) is 12.8 Å². The molecule has 0 aromatic rings. The molecule has 0 aromatic heterocycles. The molecule has 16 heavy (non-hydrogen) atoms. The van der Waals surface area contributed by atoms with Gasteiger partial charge in [0.2, 0.25) is 0 Å². The van der Waals surface area contributed by atoms with Gasteiger partial charge in [0.05, 0.1) is 0 Å². The van der Waals surface area contributed by atoms with Crippen molar-refractivity contribution in [3.63, 3.8) is 0 Å². The van der Waals surface area contributed by atoms with Gasteiger partial charge in [-0.05, 0) is 33.6 Å². The van der Waals surface area contributed by atoms with Crippen molar-refractivity contribution in [1.82, 2.24) is 15.5 Å². The third-order valence-electron chi connectivity index (χ3n) is 2.68. The maximum Gasteiger partial charge on any atom is 0.193 e. The monoisotopic (exact) mass is 226 g/mol. The van der Waals surface area contributed by atoms with Crippen LogP contribution in [0.25, 0.3) is 0 Å². The zero-order chi connectivity index (χ0) is 12.0. The van der Waals surface area contributed by atoms with Gasteiger partial charge in [-0.1, -0.05) is 0 Å². The third kappa shape index (κ3) is 4.84. The van der Waals surface area contributed by atoms with E-state index in [2.05, 4.69) is 41.3 Å². The Hall–Kier alpha value is -0.770. The molecule has 1 rings (SSSR count). The van der Waals surface area contributed by atoms with E-state index in [0.717, 1.165) is 32.1 Å². The van der Waals surface area contributed by atoms with Crippen molar-refractivity contribution < 1.29 is 0 Å². The summed E-state index contributed by atoms with van der Waals surface area (Å²) in [6, 6.07) is 0. The van der Waals surface area contributed by atoms with E-state index in [-0.39, 0.29) is 5.54 Å². The lowest BCUT2D eigenvalue weighted by Gasteiger charge is -2.23. The average Bonchev–Trinajstić information content (AvgIpc) is 2.69. The standard InChI is InChI=1S/C12H26N4/c1-12(2,3)15-8-7-14-11(13-4)16-9-5-6-10-16/h15H,5-10H2,1-4H3,(H,13,14). The normalized spacial score (nSPS) is 18.0. The molecule has 0 saturated carbocycles. The number of aliphatic imine (C=N–C) groups is 1. The van der Waals surface area contributed by atoms with Crippen LogP contribution in [-0.2, 0) is 0 Å². The summed E-state index contributed by atoms with van der Waals surface area (Å²) in [5.74, 6) is 1.05. The van der Waals surface area contributed by atoms with E-state index < -0.39 is 0 Å². The summed E-state index contributed by atoms with van der Waals surface area (Å²) in [6.45, 7) is 10.7. The van der Waals surface area contributed by atoms with Crippen molar-refractivity contribution in [2.45, 2.75) is 39.2 Å². The molecule has 1 aliphatic heterocycles. The second-order valence-electron chi connectivity index (χ2n) is 5.34. The summed E-state index contributed by atoms with van der Waals surface area (Å²) in [7, 11) is 1.86. The maximum absolute atomic E-state index is 4.31. The lowest BCUT2D eigenvalue weighted by atomic mass is 10.1. The van der Waals surface area contributed by atoms with Gasteiger partial charge in [-0.25, -0.2) is 0 Å². The molecule has 0 amide bonds. The molecule has 94 valence electrons. The van der Waals surface area contributed by atoms with Crippen LogP contribution in [0.15, 0.2) is 4.99 Å². The second kappa shape index (κ2) is 6.09. The fourth-order valence-electron chi connectivity index (χ4n) is 1.87. The van der Waals surface area contributed by atoms with E-state index in [9.17, 15) is 0 Å². The molecular formula is C12H26N4. The second-order valence-corrected chi connectivity index (χ2v) is 5.34. The van der Waals surface area contributed by atoms with Crippen LogP contribution in [0.5, 0.6) is 0 Å². The average molecular weight is 226 g/mol. The highest BCUT2D eigenvalue weighted by Gasteiger charge is 2.15. The summed E-state index contributed by atoms with van der Waals surface area (Å²) in [4.78, 5) is 6.64. The molecule has 2 N–H and O–H groups in total. The fourth-order valence-corrected chi connectivity index (χ4v) is 1.87. The summed E-state index contributed by atoms with van der Waals surface area (Å²) >= 11 is 0. The van der Waals surface area contributed by atoms with Gasteiger partial charge in [-0.15, -0.1) is 0 Å². The molecule has 1 saturated heterocycles. The number of hydrogen-bond donors (Lipinski definition) is 2. The highest BCUT2D eigenvalue weighted by Crippen LogP contribution is 2.06. The Kier molecular flexibility index (Phi) is 5.06. The van der Waals surface area contributed by atoms with E-state index in [1.54, 1.807) is 0 Å². The molecule has 1 aliphatic rings. The number of nitrogens with one attached hydrogen (secondary N) is 2. The van der Waals surface area contributed by atoms with Crippen molar-refractivity contribution in [3.8, 4) is 0 Å². The minimum Gasteiger partial charge on any atom is -0.355 e. The number of nitrogens with zero attached hydrogens (tertiary/aromatic N) is 2. The Morgan fingerprint density at radius 1 is 1.19 bits per heavy atom. The maximum atomic E-state index is 4.31. The van der Waals surface area contributed by atoms with Gasteiger partial charge in [0, 0.05) is 38.8 Å². The Bertz CT molecular complexity index is 224. The number of likely N-dealkylation sites (tertiary alicyclic amines) is 1. The van der Waals surface area contributed by atoms with Crippen LogP contribution >= 0.6 is 0 Å². The molecule has 0 bridgehead atoms. The van der Waals surface area contributed by atoms with Gasteiger partial charge in [0.15, 0.2) is 5.96 Å². The zero-order valence-corrected chi connectivity index (χ0v) is 11.1. The lowest BCUT2D eigenvalue weighted by Crippen LogP contribution is -2.45. The predicted molar refractivity (Wildman–Crippen MR) is 69.9 cm³/mol. The van der Waals surface area contributed by atoms with Gasteiger partial charge in [0.25, 0.3) is 0 Å². The topological polar surface area (TPSA) is 39.7 Å². The van der Waals surface area contributed by atoms with Gasteiger partial charge >= 0.3 is 0 Å². The first-order valence-corrected chi connectivity index (χ1v) is 6.23. The SMILES string of the molecule is CN=C(NCCNC(C)(C)C)N1CCCC1. The molecule has 0 atom stereocenters. The summed E-state index contributed by atoms with van der Waals surface area (Å²) in [5, 5.41) is 6.85. The summed E-state index contributed by atoms with van der Waals surface area (Å²) in [5.41, 5.74) is 0.193. The van der Waals surface area contributed by atoms with Crippen molar-refractivity contribution in [2.75, 3.05) is 33.2 Å². The van der Waals surface area contributed by atoms with Gasteiger partial charge in [-0.3, -0.25) is 4.99 Å². The highest BCUT2D eigenvalue weighted by atomic mass is 15.3. The quantitative estimate of drug-likeness (QED) is 0.429. The molecule has 0 aliphatic carbocycles. The molecule has 0 spiro atoms. The van der Waals surface area contributed by atoms with Crippen LogP contribution in [0, 0.1) is 0 Å². The lowest BCUT2D eigenvalue weighted by molar-refractivity contribution is 0.423. The number of rotatable bonds is 3. The molecule has 4 heteroatoms. The van der Waals surface area contributed by atoms with Crippen LogP contribution < -0.4 is 10.6 Å². The van der Waals surface area contributed by atoms with E-state index in [4.69, 9.17) is 0 Å². The van der Waals surface area contributed by atoms with E-state index >= 15 is 0 Å². The minimum atomic E-state index is 0.193. The Balaban J connectivity index is 2.20. The molecule has 0 unspecified atom stereocenters. The Labute approximate surface area is 99.5 Å². The van der Waals surface area contributed by atoms with Crippen LogP contribution in [0.1, 0.15) is 33.6 Å². The van der Waals surface area contributed by atoms with Crippen molar-refractivity contribution in [1.29, 1.82) is 0 Å². The minimum absolute atomic E-state index is 0.193. The predicted octanol–water partition coefficient (Wildman–Crippen LogP) is 1.05. The van der Waals surface area contributed by atoms with E-state index in [1.807, 2.05) is 7.05 Å². The fraction of sp³-hybridized carbons (Fsp3) is 0.917. The molecule has 0 aromatic carbocycles. The number of guanidine groups is 1. The van der Waals surface area contributed by atoms with Gasteiger partial charge < -0.3 is 15.5 Å².